The molecule has 0 amide bonds. The lowest BCUT2D eigenvalue weighted by molar-refractivity contribution is 0.380. The van der Waals surface area contributed by atoms with Crippen LogP contribution in [0.15, 0.2) is 6.33 Å². The fourth-order valence-corrected chi connectivity index (χ4v) is 1.20. The standard InChI is InChI=1S/C10H20N4/c1-10(2,3)7-11-6-5-9-13-12-8-14(9)4/h8,11H,5-7H2,1-4H3. The number of hydrogen-bond acceptors (Lipinski definition) is 3. The van der Waals surface area contributed by atoms with Crippen LogP contribution in [-0.4, -0.2) is 27.9 Å². The summed E-state index contributed by atoms with van der Waals surface area (Å²) in [5, 5.41) is 11.3. The van der Waals surface area contributed by atoms with Crippen molar-refractivity contribution in [3.8, 4) is 0 Å². The highest BCUT2D eigenvalue weighted by molar-refractivity contribution is 4.85. The van der Waals surface area contributed by atoms with Crippen molar-refractivity contribution >= 4 is 0 Å². The van der Waals surface area contributed by atoms with Gasteiger partial charge < -0.3 is 9.88 Å². The molecule has 0 radical (unpaired) electrons. The summed E-state index contributed by atoms with van der Waals surface area (Å²) in [6.45, 7) is 8.67. The fraction of sp³-hybridized carbons (Fsp3) is 0.800. The van der Waals surface area contributed by atoms with Crippen LogP contribution in [0.4, 0.5) is 0 Å². The Labute approximate surface area is 85.7 Å². The van der Waals surface area contributed by atoms with Gasteiger partial charge in [-0.1, -0.05) is 20.8 Å². The first kappa shape index (κ1) is 11.2. The summed E-state index contributed by atoms with van der Waals surface area (Å²) in [5.41, 5.74) is 0.347. The summed E-state index contributed by atoms with van der Waals surface area (Å²) < 4.78 is 1.96. The first-order chi connectivity index (χ1) is 6.49. The monoisotopic (exact) mass is 196 g/mol. The van der Waals surface area contributed by atoms with Gasteiger partial charge in [0.05, 0.1) is 0 Å². The lowest BCUT2D eigenvalue weighted by Crippen LogP contribution is -2.28. The number of nitrogens with zero attached hydrogens (tertiary/aromatic N) is 3. The molecule has 0 aliphatic rings. The Kier molecular flexibility index (Phi) is 3.63. The molecule has 0 fully saturated rings. The number of aromatic nitrogens is 3. The Morgan fingerprint density at radius 2 is 2.14 bits per heavy atom. The summed E-state index contributed by atoms with van der Waals surface area (Å²) in [6, 6.07) is 0. The van der Waals surface area contributed by atoms with E-state index in [0.717, 1.165) is 25.3 Å². The van der Waals surface area contributed by atoms with Crippen LogP contribution in [0.1, 0.15) is 26.6 Å². The van der Waals surface area contributed by atoms with Crippen molar-refractivity contribution in [1.29, 1.82) is 0 Å². The molecule has 0 saturated heterocycles. The van der Waals surface area contributed by atoms with Gasteiger partial charge in [0, 0.05) is 26.6 Å². The maximum absolute atomic E-state index is 4.02. The summed E-state index contributed by atoms with van der Waals surface area (Å²) >= 11 is 0. The Balaban J connectivity index is 2.20. The quantitative estimate of drug-likeness (QED) is 0.730. The molecule has 1 N–H and O–H groups in total. The molecule has 0 unspecified atom stereocenters. The van der Waals surface area contributed by atoms with E-state index in [9.17, 15) is 0 Å². The van der Waals surface area contributed by atoms with Crippen LogP contribution in [-0.2, 0) is 13.5 Å². The molecule has 1 heterocycles. The molecule has 0 aliphatic heterocycles. The highest BCUT2D eigenvalue weighted by Crippen LogP contribution is 2.09. The Bertz CT molecular complexity index is 272. The van der Waals surface area contributed by atoms with E-state index in [0.29, 0.717) is 5.41 Å². The molecule has 0 aromatic carbocycles. The zero-order valence-electron chi connectivity index (χ0n) is 9.54. The molecular weight excluding hydrogens is 176 g/mol. The van der Waals surface area contributed by atoms with Gasteiger partial charge in [-0.05, 0) is 5.41 Å². The zero-order valence-corrected chi connectivity index (χ0v) is 9.54. The molecule has 14 heavy (non-hydrogen) atoms. The molecule has 0 spiro atoms. The number of hydrogen-bond donors (Lipinski definition) is 1. The van der Waals surface area contributed by atoms with E-state index in [1.54, 1.807) is 6.33 Å². The van der Waals surface area contributed by atoms with E-state index in [-0.39, 0.29) is 0 Å². The molecule has 1 aromatic rings. The van der Waals surface area contributed by atoms with Crippen LogP contribution in [0.2, 0.25) is 0 Å². The molecule has 1 aromatic heterocycles. The Hall–Kier alpha value is -0.900. The molecular formula is C10H20N4. The van der Waals surface area contributed by atoms with Crippen molar-refractivity contribution in [2.24, 2.45) is 12.5 Å². The van der Waals surface area contributed by atoms with Gasteiger partial charge in [0.2, 0.25) is 0 Å². The predicted octanol–water partition coefficient (Wildman–Crippen LogP) is 0.993. The first-order valence-corrected chi connectivity index (χ1v) is 5.03. The third kappa shape index (κ3) is 3.87. The molecule has 80 valence electrons. The minimum atomic E-state index is 0.347. The first-order valence-electron chi connectivity index (χ1n) is 5.03. The van der Waals surface area contributed by atoms with Gasteiger partial charge in [0.15, 0.2) is 0 Å². The van der Waals surface area contributed by atoms with Crippen molar-refractivity contribution in [3.63, 3.8) is 0 Å². The van der Waals surface area contributed by atoms with Crippen LogP contribution < -0.4 is 5.32 Å². The SMILES string of the molecule is Cn1cnnc1CCNCC(C)(C)C. The highest BCUT2D eigenvalue weighted by Gasteiger charge is 2.08. The molecule has 1 rings (SSSR count). The van der Waals surface area contributed by atoms with Crippen molar-refractivity contribution in [3.05, 3.63) is 12.2 Å². The minimum absolute atomic E-state index is 0.347. The van der Waals surface area contributed by atoms with Gasteiger partial charge in [0.25, 0.3) is 0 Å². The second-order valence-electron chi connectivity index (χ2n) is 4.85. The van der Waals surface area contributed by atoms with Crippen molar-refractivity contribution in [2.75, 3.05) is 13.1 Å². The summed E-state index contributed by atoms with van der Waals surface area (Å²) in [4.78, 5) is 0. The smallest absolute Gasteiger partial charge is 0.133 e. The fourth-order valence-electron chi connectivity index (χ4n) is 1.20. The molecule has 0 bridgehead atoms. The maximum Gasteiger partial charge on any atom is 0.133 e. The third-order valence-electron chi connectivity index (χ3n) is 1.99. The van der Waals surface area contributed by atoms with E-state index >= 15 is 0 Å². The summed E-state index contributed by atoms with van der Waals surface area (Å²) in [6.07, 6.45) is 2.67. The van der Waals surface area contributed by atoms with E-state index in [1.807, 2.05) is 11.6 Å². The average Bonchev–Trinajstić information content (AvgIpc) is 2.44. The van der Waals surface area contributed by atoms with Crippen molar-refractivity contribution in [2.45, 2.75) is 27.2 Å². The van der Waals surface area contributed by atoms with Crippen LogP contribution in [0.3, 0.4) is 0 Å². The van der Waals surface area contributed by atoms with Crippen LogP contribution >= 0.6 is 0 Å². The third-order valence-corrected chi connectivity index (χ3v) is 1.99. The minimum Gasteiger partial charge on any atom is -0.321 e. The topological polar surface area (TPSA) is 42.7 Å². The van der Waals surface area contributed by atoms with Crippen LogP contribution in [0.25, 0.3) is 0 Å². The predicted molar refractivity (Wildman–Crippen MR) is 57.0 cm³/mol. The van der Waals surface area contributed by atoms with Gasteiger partial charge in [-0.25, -0.2) is 0 Å². The molecule has 0 atom stereocenters. The maximum atomic E-state index is 4.02. The van der Waals surface area contributed by atoms with E-state index in [4.69, 9.17) is 0 Å². The number of rotatable bonds is 4. The Morgan fingerprint density at radius 1 is 1.43 bits per heavy atom. The lowest BCUT2D eigenvalue weighted by atomic mass is 9.97. The number of aryl methyl sites for hydroxylation is 1. The van der Waals surface area contributed by atoms with Crippen molar-refractivity contribution in [1.82, 2.24) is 20.1 Å². The largest absolute Gasteiger partial charge is 0.321 e. The summed E-state index contributed by atoms with van der Waals surface area (Å²) in [7, 11) is 1.97. The van der Waals surface area contributed by atoms with Crippen LogP contribution in [0, 0.1) is 5.41 Å². The second kappa shape index (κ2) is 4.55. The van der Waals surface area contributed by atoms with Crippen molar-refractivity contribution < 1.29 is 0 Å². The second-order valence-corrected chi connectivity index (χ2v) is 4.85. The van der Waals surface area contributed by atoms with E-state index < -0.39 is 0 Å². The Morgan fingerprint density at radius 3 is 2.64 bits per heavy atom. The van der Waals surface area contributed by atoms with Gasteiger partial charge in [0.1, 0.15) is 12.2 Å². The van der Waals surface area contributed by atoms with Gasteiger partial charge in [-0.3, -0.25) is 0 Å². The van der Waals surface area contributed by atoms with Crippen LogP contribution in [0.5, 0.6) is 0 Å². The van der Waals surface area contributed by atoms with E-state index in [2.05, 4.69) is 36.3 Å². The molecule has 4 nitrogen and oxygen atoms in total. The van der Waals surface area contributed by atoms with Gasteiger partial charge in [-0.15, -0.1) is 10.2 Å². The summed E-state index contributed by atoms with van der Waals surface area (Å²) in [5.74, 6) is 1.03. The molecule has 0 aliphatic carbocycles. The average molecular weight is 196 g/mol. The van der Waals surface area contributed by atoms with E-state index in [1.165, 1.54) is 0 Å². The molecule has 0 saturated carbocycles. The normalized spacial score (nSPS) is 12.0. The highest BCUT2D eigenvalue weighted by atomic mass is 15.2. The van der Waals surface area contributed by atoms with Gasteiger partial charge >= 0.3 is 0 Å². The van der Waals surface area contributed by atoms with Gasteiger partial charge in [-0.2, -0.15) is 0 Å². The lowest BCUT2D eigenvalue weighted by Gasteiger charge is -2.18. The number of nitrogens with one attached hydrogen (secondary N) is 1. The molecule has 4 heteroatoms. The zero-order chi connectivity index (χ0) is 10.6.